The second-order valence-electron chi connectivity index (χ2n) is 13.7. The third-order valence-corrected chi connectivity index (χ3v) is 9.21. The van der Waals surface area contributed by atoms with E-state index >= 15 is 0 Å². The van der Waals surface area contributed by atoms with Gasteiger partial charge in [0.2, 0.25) is 5.78 Å². The highest BCUT2D eigenvalue weighted by Crippen LogP contribution is 2.53. The molecule has 0 bridgehead atoms. The summed E-state index contributed by atoms with van der Waals surface area (Å²) in [5, 5.41) is 43.8. The van der Waals surface area contributed by atoms with Crippen LogP contribution in [0.5, 0.6) is 5.75 Å². The number of aromatic hydroxyl groups is 1. The van der Waals surface area contributed by atoms with Crippen molar-refractivity contribution in [3.63, 3.8) is 0 Å². The number of nitrogens with two attached hydrogens (primary N) is 1. The first-order chi connectivity index (χ1) is 19.8. The normalized spacial score (nSPS) is 26.0. The highest BCUT2D eigenvalue weighted by molar-refractivity contribution is 6.24. The van der Waals surface area contributed by atoms with E-state index in [0.29, 0.717) is 19.0 Å². The molecule has 0 aliphatic heterocycles. The Kier molecular flexibility index (Phi) is 7.49. The van der Waals surface area contributed by atoms with Crippen LogP contribution in [0.25, 0.3) is 0 Å². The zero-order valence-corrected chi connectivity index (χ0v) is 24.3. The number of nitrogens with zero attached hydrogens (tertiary/aromatic N) is 1. The Morgan fingerprint density at radius 3 is 2.33 bits per heavy atom. The Morgan fingerprint density at radius 2 is 1.77 bits per heavy atom. The minimum absolute atomic E-state index is 0.0466. The molecular weight excluding hydrogens is 569 g/mol. The molecule has 0 heterocycles. The summed E-state index contributed by atoms with van der Waals surface area (Å²) in [5.74, 6) is -8.25. The molecule has 4 aliphatic carbocycles. The number of hydrogen-bond donors (Lipinski definition) is 5. The van der Waals surface area contributed by atoms with Crippen molar-refractivity contribution in [1.29, 1.82) is 0 Å². The van der Waals surface area contributed by atoms with Crippen LogP contribution in [0.2, 0.25) is 0 Å². The lowest BCUT2D eigenvalue weighted by Gasteiger charge is -2.45. The van der Waals surface area contributed by atoms with Crippen molar-refractivity contribution in [2.45, 2.75) is 77.6 Å². The number of aliphatic hydroxyl groups is 3. The summed E-state index contributed by atoms with van der Waals surface area (Å²) in [4.78, 5) is 40.6. The van der Waals surface area contributed by atoms with E-state index in [4.69, 9.17) is 5.73 Å². The highest BCUT2D eigenvalue weighted by Gasteiger charge is 2.60. The van der Waals surface area contributed by atoms with Gasteiger partial charge in [-0.2, -0.15) is 13.2 Å². The van der Waals surface area contributed by atoms with Crippen LogP contribution in [0.3, 0.4) is 0 Å². The van der Waals surface area contributed by atoms with E-state index in [9.17, 15) is 48.0 Å². The Bertz CT molecular complexity index is 1470. The molecule has 5 rings (SSSR count). The SMILES string of the molecule is CC(C)(C)CCN(Cc1cc(O)c2c(c1C(F)(F)F)CC1C[C@H]3CC(O)=C(C(N)=O)C(=O)[C@@]3(O)C(O)=C1C2=O)CC1CC1. The number of rotatable bonds is 7. The van der Waals surface area contributed by atoms with Gasteiger partial charge in [0.05, 0.1) is 11.1 Å². The number of aliphatic hydroxyl groups excluding tert-OH is 2. The van der Waals surface area contributed by atoms with Crippen LogP contribution in [0.1, 0.15) is 79.9 Å². The molecule has 1 unspecified atom stereocenters. The number of carbonyl (C=O) groups is 3. The van der Waals surface area contributed by atoms with Crippen molar-refractivity contribution >= 4 is 17.5 Å². The van der Waals surface area contributed by atoms with Gasteiger partial charge in [-0.25, -0.2) is 0 Å². The second-order valence-corrected chi connectivity index (χ2v) is 13.7. The average Bonchev–Trinajstić information content (AvgIpc) is 3.67. The number of phenols is 1. The van der Waals surface area contributed by atoms with Gasteiger partial charge in [0.25, 0.3) is 5.91 Å². The van der Waals surface area contributed by atoms with E-state index in [1.54, 1.807) is 0 Å². The van der Waals surface area contributed by atoms with Crippen molar-refractivity contribution in [1.82, 2.24) is 4.90 Å². The first-order valence-electron chi connectivity index (χ1n) is 14.5. The maximum absolute atomic E-state index is 14.8. The van der Waals surface area contributed by atoms with Crippen LogP contribution in [-0.4, -0.2) is 61.5 Å². The molecule has 1 aromatic rings. The first kappa shape index (κ1) is 31.1. The van der Waals surface area contributed by atoms with Gasteiger partial charge in [0, 0.05) is 31.0 Å². The van der Waals surface area contributed by atoms with E-state index in [-0.39, 0.29) is 23.9 Å². The molecule has 1 amide bonds. The molecule has 234 valence electrons. The van der Waals surface area contributed by atoms with Crippen LogP contribution in [0.15, 0.2) is 28.7 Å². The van der Waals surface area contributed by atoms with Gasteiger partial charge in [-0.05, 0) is 73.1 Å². The zero-order valence-electron chi connectivity index (χ0n) is 24.3. The molecule has 4 aliphatic rings. The van der Waals surface area contributed by atoms with Crippen molar-refractivity contribution in [3.8, 4) is 5.75 Å². The predicted octanol–water partition coefficient (Wildman–Crippen LogP) is 4.25. The summed E-state index contributed by atoms with van der Waals surface area (Å²) in [7, 11) is 0. The standard InChI is InChI=1S/C31H37F3N2O7/c1-29(2,3)6-7-36(12-14-4-5-14)13-16-10-19(37)22-18(24(16)31(32,33)34)9-15-8-17-11-20(38)23(28(35)42)27(41)30(17,43)26(40)21(15)25(22)39/h10,14-15,17,37-38,40,43H,4-9,11-13H2,1-3H3,(H2,35,42)/t15?,17-,30-/m0/s1. The number of halogens is 3. The number of phenolic OH excluding ortho intramolecular Hbond substituents is 1. The van der Waals surface area contributed by atoms with E-state index < -0.39 is 99.0 Å². The first-order valence-corrected chi connectivity index (χ1v) is 14.5. The zero-order chi connectivity index (χ0) is 31.8. The average molecular weight is 607 g/mol. The number of amides is 1. The van der Waals surface area contributed by atoms with E-state index in [0.717, 1.165) is 25.3 Å². The van der Waals surface area contributed by atoms with Crippen LogP contribution < -0.4 is 5.73 Å². The molecule has 0 spiro atoms. The minimum atomic E-state index is -4.88. The molecule has 1 fully saturated rings. The second kappa shape index (κ2) is 10.4. The summed E-state index contributed by atoms with van der Waals surface area (Å²) in [6.45, 7) is 7.24. The smallest absolute Gasteiger partial charge is 0.417 e. The monoisotopic (exact) mass is 606 g/mol. The number of allylic oxidation sites excluding steroid dienone is 2. The number of carbonyl (C=O) groups excluding carboxylic acids is 3. The maximum Gasteiger partial charge on any atom is 0.417 e. The lowest BCUT2D eigenvalue weighted by molar-refractivity contribution is -0.144. The number of benzene rings is 1. The van der Waals surface area contributed by atoms with Crippen molar-refractivity contribution in [3.05, 3.63) is 51.0 Å². The van der Waals surface area contributed by atoms with Gasteiger partial charge in [-0.1, -0.05) is 20.8 Å². The lowest BCUT2D eigenvalue weighted by Crippen LogP contribution is -2.57. The summed E-state index contributed by atoms with van der Waals surface area (Å²) in [6.07, 6.45) is -3.24. The third kappa shape index (κ3) is 5.43. The molecular formula is C31H37F3N2O7. The summed E-state index contributed by atoms with van der Waals surface area (Å²) in [6, 6.07) is 0.951. The lowest BCUT2D eigenvalue weighted by atomic mass is 9.60. The van der Waals surface area contributed by atoms with Gasteiger partial charge in [0.15, 0.2) is 11.4 Å². The summed E-state index contributed by atoms with van der Waals surface area (Å²) >= 11 is 0. The number of primary amides is 1. The predicted molar refractivity (Wildman–Crippen MR) is 148 cm³/mol. The molecule has 0 saturated heterocycles. The van der Waals surface area contributed by atoms with Crippen LogP contribution >= 0.6 is 0 Å². The Hall–Kier alpha value is -3.38. The molecule has 3 atom stereocenters. The largest absolute Gasteiger partial charge is 0.511 e. The number of hydrogen-bond acceptors (Lipinski definition) is 8. The number of fused-ring (bicyclic) bond motifs is 3. The molecule has 0 radical (unpaired) electrons. The van der Waals surface area contributed by atoms with Gasteiger partial charge in [0.1, 0.15) is 22.8 Å². The quantitative estimate of drug-likeness (QED) is 0.288. The number of ketones is 2. The van der Waals surface area contributed by atoms with E-state index in [1.165, 1.54) is 0 Å². The highest BCUT2D eigenvalue weighted by atomic mass is 19.4. The Morgan fingerprint density at radius 1 is 1.12 bits per heavy atom. The van der Waals surface area contributed by atoms with Crippen molar-refractivity contribution < 1.29 is 48.0 Å². The van der Waals surface area contributed by atoms with Gasteiger partial charge < -0.3 is 26.2 Å². The van der Waals surface area contributed by atoms with Gasteiger partial charge in [-0.15, -0.1) is 0 Å². The van der Waals surface area contributed by atoms with Gasteiger partial charge >= 0.3 is 6.18 Å². The Labute approximate surface area is 246 Å². The molecule has 12 heteroatoms. The van der Waals surface area contributed by atoms with Crippen LogP contribution in [0.4, 0.5) is 13.2 Å². The Balaban J connectivity index is 1.60. The fraction of sp³-hybridized carbons (Fsp3) is 0.581. The summed E-state index contributed by atoms with van der Waals surface area (Å²) < 4.78 is 44.4. The topological polar surface area (TPSA) is 161 Å². The van der Waals surface area contributed by atoms with Gasteiger partial charge in [-0.3, -0.25) is 19.3 Å². The number of alkyl halides is 3. The van der Waals surface area contributed by atoms with Crippen molar-refractivity contribution in [2.75, 3.05) is 13.1 Å². The molecule has 6 N–H and O–H groups in total. The fourth-order valence-corrected chi connectivity index (χ4v) is 6.87. The number of Topliss-reactive ketones (excluding diaryl/α,β-unsaturated/α-hetero) is 2. The van der Waals surface area contributed by atoms with Crippen molar-refractivity contribution in [2.24, 2.45) is 28.9 Å². The van der Waals surface area contributed by atoms with Crippen LogP contribution in [-0.2, 0) is 28.7 Å². The molecule has 1 saturated carbocycles. The molecule has 0 aromatic heterocycles. The minimum Gasteiger partial charge on any atom is -0.511 e. The van der Waals surface area contributed by atoms with E-state index in [1.807, 2.05) is 4.90 Å². The molecule has 1 aromatic carbocycles. The molecule has 9 nitrogen and oxygen atoms in total. The summed E-state index contributed by atoms with van der Waals surface area (Å²) in [5.41, 5.74) is -1.26. The maximum atomic E-state index is 14.8. The fourth-order valence-electron chi connectivity index (χ4n) is 6.87. The third-order valence-electron chi connectivity index (χ3n) is 9.21. The van der Waals surface area contributed by atoms with E-state index in [2.05, 4.69) is 20.8 Å². The molecule has 43 heavy (non-hydrogen) atoms. The van der Waals surface area contributed by atoms with Crippen LogP contribution in [0, 0.1) is 23.2 Å².